The number of fused-ring (bicyclic) bond motifs is 1. The number of ether oxygens (including phenoxy) is 3. The summed E-state index contributed by atoms with van der Waals surface area (Å²) in [7, 11) is -2.31. The van der Waals surface area contributed by atoms with Gasteiger partial charge in [-0.05, 0) is 49.6 Å². The highest BCUT2D eigenvalue weighted by Gasteiger charge is 2.32. The minimum absolute atomic E-state index is 0.0361. The zero-order valence-electron chi connectivity index (χ0n) is 21.9. The number of rotatable bonds is 12. The molecule has 1 aliphatic heterocycles. The highest BCUT2D eigenvalue weighted by atomic mass is 32.2. The molecule has 0 radical (unpaired) electrons. The van der Waals surface area contributed by atoms with Crippen LogP contribution in [0.3, 0.4) is 0 Å². The molecule has 2 aromatic rings. The van der Waals surface area contributed by atoms with E-state index in [0.717, 1.165) is 22.5 Å². The van der Waals surface area contributed by atoms with E-state index in [0.29, 0.717) is 23.7 Å². The molecule has 0 unspecified atom stereocenters. The number of benzene rings is 2. The fourth-order valence-electron chi connectivity index (χ4n) is 3.98. The van der Waals surface area contributed by atoms with Crippen LogP contribution in [0, 0.1) is 0 Å². The topological polar surface area (TPSA) is 114 Å². The van der Waals surface area contributed by atoms with Crippen molar-refractivity contribution in [3.8, 4) is 17.2 Å². The molecule has 1 aliphatic rings. The summed E-state index contributed by atoms with van der Waals surface area (Å²) in [5.41, 5.74) is 1.01. The summed E-state index contributed by atoms with van der Waals surface area (Å²) in [5.74, 6) is 0.696. The van der Waals surface area contributed by atoms with Gasteiger partial charge in [-0.15, -0.1) is 0 Å². The minimum Gasteiger partial charge on any atom is -0.497 e. The number of hydrogen-bond donors (Lipinski definition) is 1. The van der Waals surface area contributed by atoms with Gasteiger partial charge in [0.15, 0.2) is 11.5 Å². The van der Waals surface area contributed by atoms with Gasteiger partial charge in [-0.1, -0.05) is 26.0 Å². The van der Waals surface area contributed by atoms with Crippen LogP contribution in [0.2, 0.25) is 0 Å². The molecule has 0 fully saturated rings. The van der Waals surface area contributed by atoms with Gasteiger partial charge < -0.3 is 24.4 Å². The predicted molar refractivity (Wildman–Crippen MR) is 140 cm³/mol. The molecule has 3 rings (SSSR count). The third kappa shape index (κ3) is 7.06. The summed E-state index contributed by atoms with van der Waals surface area (Å²) >= 11 is 0. The molecule has 0 aromatic heterocycles. The predicted octanol–water partition coefficient (Wildman–Crippen LogP) is 2.91. The van der Waals surface area contributed by atoms with Crippen molar-refractivity contribution >= 4 is 27.5 Å². The standard InChI is InChI=1S/C26H35N3O7S/c1-6-18(3)27-26(31)22(7-2)28(15-19-9-8-10-21(13-19)34-4)25(30)16-29(37(5,32)33)20-11-12-23-24(14-20)36-17-35-23/h8-14,18,22H,6-7,15-17H2,1-5H3,(H,27,31)/t18-,22+/m1/s1. The van der Waals surface area contributed by atoms with Gasteiger partial charge in [-0.3, -0.25) is 13.9 Å². The molecule has 0 aliphatic carbocycles. The summed E-state index contributed by atoms with van der Waals surface area (Å²) in [6, 6.07) is 11.0. The Balaban J connectivity index is 1.96. The van der Waals surface area contributed by atoms with E-state index in [2.05, 4.69) is 5.32 Å². The zero-order chi connectivity index (χ0) is 27.2. The number of carbonyl (C=O) groups excluding carboxylic acids is 2. The number of methoxy groups -OCH3 is 1. The molecule has 0 saturated carbocycles. The van der Waals surface area contributed by atoms with Crippen LogP contribution in [0.4, 0.5) is 5.69 Å². The Labute approximate surface area is 218 Å². The Morgan fingerprint density at radius 1 is 1.08 bits per heavy atom. The van der Waals surface area contributed by atoms with Crippen molar-refractivity contribution in [1.82, 2.24) is 10.2 Å². The van der Waals surface area contributed by atoms with Crippen molar-refractivity contribution in [1.29, 1.82) is 0 Å². The highest BCUT2D eigenvalue weighted by Crippen LogP contribution is 2.36. The molecule has 0 spiro atoms. The molecule has 1 N–H and O–H groups in total. The van der Waals surface area contributed by atoms with Gasteiger partial charge >= 0.3 is 0 Å². The van der Waals surface area contributed by atoms with E-state index in [1.807, 2.05) is 26.8 Å². The second-order valence-corrected chi connectivity index (χ2v) is 10.8. The van der Waals surface area contributed by atoms with E-state index in [4.69, 9.17) is 14.2 Å². The Hall–Kier alpha value is -3.47. The Morgan fingerprint density at radius 2 is 1.81 bits per heavy atom. The smallest absolute Gasteiger partial charge is 0.244 e. The van der Waals surface area contributed by atoms with Crippen molar-refractivity contribution in [2.24, 2.45) is 0 Å². The number of nitrogens with one attached hydrogen (secondary N) is 1. The molecular formula is C26H35N3O7S. The normalized spacial score (nSPS) is 14.0. The third-order valence-electron chi connectivity index (χ3n) is 6.20. The average molecular weight is 534 g/mol. The number of nitrogens with zero attached hydrogens (tertiary/aromatic N) is 2. The monoisotopic (exact) mass is 533 g/mol. The van der Waals surface area contributed by atoms with Gasteiger partial charge in [0.2, 0.25) is 28.6 Å². The maximum absolute atomic E-state index is 13.8. The van der Waals surface area contributed by atoms with Crippen LogP contribution in [-0.2, 0) is 26.2 Å². The zero-order valence-corrected chi connectivity index (χ0v) is 22.7. The van der Waals surface area contributed by atoms with Crippen LogP contribution in [-0.4, -0.2) is 63.9 Å². The van der Waals surface area contributed by atoms with Gasteiger partial charge in [-0.25, -0.2) is 8.42 Å². The van der Waals surface area contributed by atoms with Crippen LogP contribution < -0.4 is 23.8 Å². The Bertz CT molecular complexity index is 1220. The summed E-state index contributed by atoms with van der Waals surface area (Å²) in [6.07, 6.45) is 2.11. The van der Waals surface area contributed by atoms with Gasteiger partial charge in [0, 0.05) is 18.7 Å². The SMILES string of the molecule is CC[C@@H](C)NC(=O)[C@H](CC)N(Cc1cccc(OC)c1)C(=O)CN(c1ccc2c(c1)OCO2)S(C)(=O)=O. The van der Waals surface area contributed by atoms with E-state index in [-0.39, 0.29) is 31.0 Å². The molecule has 202 valence electrons. The largest absolute Gasteiger partial charge is 0.497 e. The van der Waals surface area contributed by atoms with Crippen molar-refractivity contribution in [3.63, 3.8) is 0 Å². The summed E-state index contributed by atoms with van der Waals surface area (Å²) < 4.78 is 42.6. The third-order valence-corrected chi connectivity index (χ3v) is 7.34. The number of carbonyl (C=O) groups is 2. The van der Waals surface area contributed by atoms with E-state index in [9.17, 15) is 18.0 Å². The van der Waals surface area contributed by atoms with E-state index in [1.54, 1.807) is 37.4 Å². The minimum atomic E-state index is -3.85. The first-order chi connectivity index (χ1) is 17.6. The maximum Gasteiger partial charge on any atom is 0.244 e. The summed E-state index contributed by atoms with van der Waals surface area (Å²) in [5, 5.41) is 2.95. The molecule has 37 heavy (non-hydrogen) atoms. The van der Waals surface area contributed by atoms with Crippen LogP contribution in [0.5, 0.6) is 17.2 Å². The van der Waals surface area contributed by atoms with Crippen molar-refractivity contribution < 1.29 is 32.2 Å². The summed E-state index contributed by atoms with van der Waals surface area (Å²) in [6.45, 7) is 5.31. The Kier molecular flexibility index (Phi) is 9.25. The fraction of sp³-hybridized carbons (Fsp3) is 0.462. The first-order valence-electron chi connectivity index (χ1n) is 12.2. The lowest BCUT2D eigenvalue weighted by Gasteiger charge is -2.33. The highest BCUT2D eigenvalue weighted by molar-refractivity contribution is 7.92. The lowest BCUT2D eigenvalue weighted by molar-refractivity contribution is -0.140. The van der Waals surface area contributed by atoms with Gasteiger partial charge in [0.25, 0.3) is 0 Å². The van der Waals surface area contributed by atoms with Crippen molar-refractivity contribution in [3.05, 3.63) is 48.0 Å². The second-order valence-electron chi connectivity index (χ2n) is 8.92. The van der Waals surface area contributed by atoms with Crippen LogP contribution >= 0.6 is 0 Å². The number of amides is 2. The van der Waals surface area contributed by atoms with E-state index in [1.165, 1.54) is 11.0 Å². The number of anilines is 1. The molecule has 2 aromatic carbocycles. The Morgan fingerprint density at radius 3 is 2.46 bits per heavy atom. The quantitative estimate of drug-likeness (QED) is 0.446. The van der Waals surface area contributed by atoms with Crippen molar-refractivity contribution in [2.75, 3.05) is 31.0 Å². The fourth-order valence-corrected chi connectivity index (χ4v) is 4.82. The molecular weight excluding hydrogens is 498 g/mol. The number of hydrogen-bond acceptors (Lipinski definition) is 7. The van der Waals surface area contributed by atoms with Crippen LogP contribution in [0.1, 0.15) is 39.2 Å². The molecule has 0 saturated heterocycles. The molecule has 10 nitrogen and oxygen atoms in total. The molecule has 1 heterocycles. The van der Waals surface area contributed by atoms with Gasteiger partial charge in [0.05, 0.1) is 19.1 Å². The maximum atomic E-state index is 13.8. The first kappa shape index (κ1) is 28.1. The molecule has 2 amide bonds. The molecule has 11 heteroatoms. The van der Waals surface area contributed by atoms with E-state index >= 15 is 0 Å². The van der Waals surface area contributed by atoms with Gasteiger partial charge in [-0.2, -0.15) is 0 Å². The van der Waals surface area contributed by atoms with Gasteiger partial charge in [0.1, 0.15) is 18.3 Å². The number of sulfonamides is 1. The summed E-state index contributed by atoms with van der Waals surface area (Å²) in [4.78, 5) is 28.4. The van der Waals surface area contributed by atoms with Crippen molar-refractivity contribution in [2.45, 2.75) is 52.2 Å². The van der Waals surface area contributed by atoms with Crippen LogP contribution in [0.15, 0.2) is 42.5 Å². The molecule has 2 atom stereocenters. The first-order valence-corrected chi connectivity index (χ1v) is 14.0. The lowest BCUT2D eigenvalue weighted by Crippen LogP contribution is -2.53. The van der Waals surface area contributed by atoms with E-state index < -0.39 is 28.5 Å². The molecule has 0 bridgehead atoms. The average Bonchev–Trinajstić information content (AvgIpc) is 3.34. The second kappa shape index (κ2) is 12.2. The lowest BCUT2D eigenvalue weighted by atomic mass is 10.1. The van der Waals surface area contributed by atoms with Crippen LogP contribution in [0.25, 0.3) is 0 Å².